The van der Waals surface area contributed by atoms with Crippen molar-refractivity contribution in [2.75, 3.05) is 0 Å². The zero-order chi connectivity index (χ0) is 15.6. The minimum absolute atomic E-state index is 0.524. The summed E-state index contributed by atoms with van der Waals surface area (Å²) in [7, 11) is 0. The molecular formula is C18H13N3OS. The van der Waals surface area contributed by atoms with Crippen LogP contribution in [0.2, 0.25) is 0 Å². The van der Waals surface area contributed by atoms with E-state index < -0.39 is 0 Å². The maximum atomic E-state index is 5.38. The molecule has 2 heterocycles. The molecule has 2 aromatic carbocycles. The zero-order valence-electron chi connectivity index (χ0n) is 12.4. The Labute approximate surface area is 137 Å². The largest absolute Gasteiger partial charge is 0.334 e. The number of aromatic nitrogens is 3. The average Bonchev–Trinajstić information content (AvgIpc) is 3.25. The zero-order valence-corrected chi connectivity index (χ0v) is 13.2. The van der Waals surface area contributed by atoms with Gasteiger partial charge in [-0.3, -0.25) is 0 Å². The summed E-state index contributed by atoms with van der Waals surface area (Å²) in [5.74, 6) is 1.10. The van der Waals surface area contributed by atoms with Crippen molar-refractivity contribution in [2.45, 2.75) is 6.92 Å². The van der Waals surface area contributed by atoms with Crippen LogP contribution in [0, 0.1) is 6.92 Å². The van der Waals surface area contributed by atoms with Gasteiger partial charge in [0.15, 0.2) is 0 Å². The summed E-state index contributed by atoms with van der Waals surface area (Å²) in [6, 6.07) is 17.8. The Morgan fingerprint density at radius 1 is 0.870 bits per heavy atom. The van der Waals surface area contributed by atoms with Gasteiger partial charge in [0.2, 0.25) is 5.82 Å². The lowest BCUT2D eigenvalue weighted by molar-refractivity contribution is 0.432. The van der Waals surface area contributed by atoms with E-state index in [2.05, 4.69) is 20.5 Å². The fraction of sp³-hybridized carbons (Fsp3) is 0.0556. The summed E-state index contributed by atoms with van der Waals surface area (Å²) < 4.78 is 5.38. The van der Waals surface area contributed by atoms with Crippen LogP contribution in [0.1, 0.15) is 5.01 Å². The van der Waals surface area contributed by atoms with Crippen molar-refractivity contribution in [2.24, 2.45) is 0 Å². The second-order valence-corrected chi connectivity index (χ2v) is 6.18. The van der Waals surface area contributed by atoms with Gasteiger partial charge in [0.1, 0.15) is 0 Å². The quantitative estimate of drug-likeness (QED) is 0.542. The van der Waals surface area contributed by atoms with E-state index >= 15 is 0 Å². The lowest BCUT2D eigenvalue weighted by Gasteiger charge is -1.99. The van der Waals surface area contributed by atoms with Gasteiger partial charge in [0.05, 0.1) is 10.7 Å². The molecule has 4 nitrogen and oxygen atoms in total. The van der Waals surface area contributed by atoms with E-state index in [1.807, 2.05) is 61.5 Å². The van der Waals surface area contributed by atoms with E-state index in [9.17, 15) is 0 Å². The summed E-state index contributed by atoms with van der Waals surface area (Å²) in [6.45, 7) is 2.00. The number of hydrogen-bond donors (Lipinski definition) is 0. The standard InChI is InChI=1S/C18H13N3OS/c1-12-19-16(11-23-12)14-8-5-9-15(10-14)17-20-18(22-21-17)13-6-3-2-4-7-13/h2-11H,1H3. The third kappa shape index (κ3) is 2.78. The van der Waals surface area contributed by atoms with Crippen LogP contribution in [0.25, 0.3) is 34.1 Å². The molecule has 0 amide bonds. The van der Waals surface area contributed by atoms with E-state index in [-0.39, 0.29) is 0 Å². The molecule has 0 saturated heterocycles. The fourth-order valence-electron chi connectivity index (χ4n) is 2.35. The highest BCUT2D eigenvalue weighted by Crippen LogP contribution is 2.27. The summed E-state index contributed by atoms with van der Waals surface area (Å²) >= 11 is 1.64. The monoisotopic (exact) mass is 319 g/mol. The predicted molar refractivity (Wildman–Crippen MR) is 91.0 cm³/mol. The predicted octanol–water partition coefficient (Wildman–Crippen LogP) is 4.84. The Morgan fingerprint density at radius 3 is 2.43 bits per heavy atom. The molecule has 0 unspecified atom stereocenters. The van der Waals surface area contributed by atoms with Gasteiger partial charge in [0.25, 0.3) is 5.89 Å². The van der Waals surface area contributed by atoms with Crippen LogP contribution in [-0.2, 0) is 0 Å². The third-order valence-electron chi connectivity index (χ3n) is 3.48. The number of hydrogen-bond acceptors (Lipinski definition) is 5. The Balaban J connectivity index is 1.70. The number of nitrogens with zero attached hydrogens (tertiary/aromatic N) is 3. The van der Waals surface area contributed by atoms with Crippen LogP contribution in [0.3, 0.4) is 0 Å². The molecular weight excluding hydrogens is 306 g/mol. The topological polar surface area (TPSA) is 51.8 Å². The maximum Gasteiger partial charge on any atom is 0.258 e. The Hall–Kier alpha value is -2.79. The van der Waals surface area contributed by atoms with Gasteiger partial charge >= 0.3 is 0 Å². The first kappa shape index (κ1) is 13.8. The summed E-state index contributed by atoms with van der Waals surface area (Å²) in [5, 5.41) is 7.21. The molecule has 0 N–H and O–H groups in total. The van der Waals surface area contributed by atoms with Crippen LogP contribution in [0.15, 0.2) is 64.5 Å². The number of aryl methyl sites for hydroxylation is 1. The van der Waals surface area contributed by atoms with Gasteiger partial charge in [-0.05, 0) is 25.1 Å². The smallest absolute Gasteiger partial charge is 0.258 e. The van der Waals surface area contributed by atoms with E-state index in [0.717, 1.165) is 27.4 Å². The molecule has 0 aliphatic heterocycles. The molecule has 5 heteroatoms. The minimum Gasteiger partial charge on any atom is -0.334 e. The van der Waals surface area contributed by atoms with Gasteiger partial charge in [-0.2, -0.15) is 4.98 Å². The lowest BCUT2D eigenvalue weighted by atomic mass is 10.1. The van der Waals surface area contributed by atoms with Crippen LogP contribution in [-0.4, -0.2) is 15.1 Å². The van der Waals surface area contributed by atoms with Gasteiger partial charge in [-0.15, -0.1) is 11.3 Å². The van der Waals surface area contributed by atoms with Crippen molar-refractivity contribution < 1.29 is 4.52 Å². The minimum atomic E-state index is 0.524. The molecule has 4 aromatic rings. The molecule has 0 atom stereocenters. The molecule has 0 radical (unpaired) electrons. The molecule has 0 spiro atoms. The first-order valence-corrected chi connectivity index (χ1v) is 8.09. The van der Waals surface area contributed by atoms with Crippen molar-refractivity contribution in [3.8, 4) is 34.1 Å². The lowest BCUT2D eigenvalue weighted by Crippen LogP contribution is -1.84. The SMILES string of the molecule is Cc1nc(-c2cccc(-c3noc(-c4ccccc4)n3)c2)cs1. The second kappa shape index (κ2) is 5.78. The highest BCUT2D eigenvalue weighted by molar-refractivity contribution is 7.09. The highest BCUT2D eigenvalue weighted by atomic mass is 32.1. The highest BCUT2D eigenvalue weighted by Gasteiger charge is 2.11. The molecule has 0 bridgehead atoms. The maximum absolute atomic E-state index is 5.38. The fourth-order valence-corrected chi connectivity index (χ4v) is 2.97. The first-order valence-electron chi connectivity index (χ1n) is 7.22. The molecule has 0 fully saturated rings. The molecule has 0 aliphatic rings. The Morgan fingerprint density at radius 2 is 1.65 bits per heavy atom. The van der Waals surface area contributed by atoms with Gasteiger partial charge in [-0.25, -0.2) is 4.98 Å². The Kier molecular flexibility index (Phi) is 3.48. The average molecular weight is 319 g/mol. The van der Waals surface area contributed by atoms with E-state index in [1.165, 1.54) is 0 Å². The summed E-state index contributed by atoms with van der Waals surface area (Å²) in [5.41, 5.74) is 3.86. The van der Waals surface area contributed by atoms with E-state index in [4.69, 9.17) is 4.52 Å². The van der Waals surface area contributed by atoms with Gasteiger partial charge in [0, 0.05) is 22.1 Å². The van der Waals surface area contributed by atoms with Crippen molar-refractivity contribution >= 4 is 11.3 Å². The van der Waals surface area contributed by atoms with Crippen LogP contribution < -0.4 is 0 Å². The van der Waals surface area contributed by atoms with Crippen molar-refractivity contribution in [3.05, 3.63) is 65.0 Å². The number of thiazole rings is 1. The molecule has 112 valence electrons. The van der Waals surface area contributed by atoms with E-state index in [0.29, 0.717) is 11.7 Å². The van der Waals surface area contributed by atoms with Gasteiger partial charge < -0.3 is 4.52 Å². The third-order valence-corrected chi connectivity index (χ3v) is 4.26. The summed E-state index contributed by atoms with van der Waals surface area (Å²) in [6.07, 6.45) is 0. The van der Waals surface area contributed by atoms with Crippen molar-refractivity contribution in [3.63, 3.8) is 0 Å². The molecule has 23 heavy (non-hydrogen) atoms. The summed E-state index contributed by atoms with van der Waals surface area (Å²) in [4.78, 5) is 9.02. The normalized spacial score (nSPS) is 10.8. The van der Waals surface area contributed by atoms with Crippen LogP contribution in [0.4, 0.5) is 0 Å². The molecule has 2 aromatic heterocycles. The molecule has 0 saturated carbocycles. The van der Waals surface area contributed by atoms with E-state index in [1.54, 1.807) is 11.3 Å². The second-order valence-electron chi connectivity index (χ2n) is 5.12. The van der Waals surface area contributed by atoms with Crippen LogP contribution in [0.5, 0.6) is 0 Å². The number of benzene rings is 2. The van der Waals surface area contributed by atoms with Crippen LogP contribution >= 0.6 is 11.3 Å². The molecule has 4 rings (SSSR count). The number of rotatable bonds is 3. The Bertz CT molecular complexity index is 944. The van der Waals surface area contributed by atoms with Gasteiger partial charge in [-0.1, -0.05) is 41.6 Å². The molecule has 0 aliphatic carbocycles. The van der Waals surface area contributed by atoms with Crippen molar-refractivity contribution in [1.29, 1.82) is 0 Å². The van der Waals surface area contributed by atoms with Crippen molar-refractivity contribution in [1.82, 2.24) is 15.1 Å². The first-order chi connectivity index (χ1) is 11.3.